The normalized spacial score (nSPS) is 12.4. The van der Waals surface area contributed by atoms with E-state index in [2.05, 4.69) is 10.4 Å². The fraction of sp³-hybridized carbons (Fsp3) is 0.273. The van der Waals surface area contributed by atoms with Crippen LogP contribution in [-0.2, 0) is 17.9 Å². The number of ether oxygens (including phenoxy) is 2. The summed E-state index contributed by atoms with van der Waals surface area (Å²) in [6.07, 6.45) is 0. The SMILES string of the molecule is CCOc1ccc(N2CCn3c2nn(CC(=O)Nc2ccc(OC)cc2)c(=O)c3=O)cc1. The molecule has 4 rings (SSSR count). The Morgan fingerprint density at radius 3 is 2.34 bits per heavy atom. The zero-order valence-corrected chi connectivity index (χ0v) is 17.8. The van der Waals surface area contributed by atoms with Crippen LogP contribution in [0.4, 0.5) is 17.3 Å². The number of nitrogens with zero attached hydrogens (tertiary/aromatic N) is 4. The first-order valence-corrected chi connectivity index (χ1v) is 10.2. The van der Waals surface area contributed by atoms with Crippen LogP contribution in [-0.4, -0.2) is 40.5 Å². The van der Waals surface area contributed by atoms with Crippen molar-refractivity contribution in [2.75, 3.05) is 30.5 Å². The number of hydrogen-bond donors (Lipinski definition) is 1. The number of carbonyl (C=O) groups is 1. The van der Waals surface area contributed by atoms with Crippen LogP contribution in [0.1, 0.15) is 6.92 Å². The van der Waals surface area contributed by atoms with Crippen molar-refractivity contribution in [3.63, 3.8) is 0 Å². The molecule has 1 amide bonds. The zero-order valence-electron chi connectivity index (χ0n) is 17.8. The predicted molar refractivity (Wildman–Crippen MR) is 119 cm³/mol. The third-order valence-electron chi connectivity index (χ3n) is 5.03. The molecule has 0 spiro atoms. The van der Waals surface area contributed by atoms with E-state index in [0.717, 1.165) is 16.1 Å². The van der Waals surface area contributed by atoms with Gasteiger partial charge in [0, 0.05) is 24.5 Å². The monoisotopic (exact) mass is 437 g/mol. The highest BCUT2D eigenvalue weighted by molar-refractivity contribution is 5.90. The summed E-state index contributed by atoms with van der Waals surface area (Å²) >= 11 is 0. The number of nitrogens with one attached hydrogen (secondary N) is 1. The highest BCUT2D eigenvalue weighted by Crippen LogP contribution is 2.28. The van der Waals surface area contributed by atoms with E-state index >= 15 is 0 Å². The van der Waals surface area contributed by atoms with Gasteiger partial charge in [-0.15, -0.1) is 5.10 Å². The van der Waals surface area contributed by atoms with Gasteiger partial charge in [0.25, 0.3) is 0 Å². The standard InChI is InChI=1S/C22H23N5O5/c1-3-32-18-10-6-16(7-11-18)25-12-13-26-20(29)21(30)27(24-22(25)26)14-19(28)23-15-4-8-17(31-2)9-5-15/h4-11H,3,12-14H2,1-2H3,(H,23,28). The maximum atomic E-state index is 12.6. The Labute approximate surface area is 183 Å². The van der Waals surface area contributed by atoms with Gasteiger partial charge in [-0.25, -0.2) is 4.68 Å². The molecule has 1 aliphatic rings. The molecule has 1 N–H and O–H groups in total. The molecule has 0 fully saturated rings. The second-order valence-corrected chi connectivity index (χ2v) is 7.07. The molecule has 10 nitrogen and oxygen atoms in total. The first-order chi connectivity index (χ1) is 15.5. The van der Waals surface area contributed by atoms with Gasteiger partial charge in [-0.05, 0) is 55.5 Å². The number of rotatable bonds is 7. The molecular formula is C22H23N5O5. The van der Waals surface area contributed by atoms with Gasteiger partial charge in [-0.1, -0.05) is 0 Å². The van der Waals surface area contributed by atoms with Gasteiger partial charge in [0.05, 0.1) is 13.7 Å². The summed E-state index contributed by atoms with van der Waals surface area (Å²) in [4.78, 5) is 39.4. The molecule has 0 aliphatic carbocycles. The second kappa shape index (κ2) is 8.96. The lowest BCUT2D eigenvalue weighted by Crippen LogP contribution is -2.44. The van der Waals surface area contributed by atoms with E-state index in [1.54, 1.807) is 31.4 Å². The Morgan fingerprint density at radius 1 is 1.00 bits per heavy atom. The Bertz CT molecular complexity index is 1230. The van der Waals surface area contributed by atoms with Gasteiger partial charge in [-0.2, -0.15) is 0 Å². The number of benzene rings is 2. The van der Waals surface area contributed by atoms with Crippen LogP contribution in [0.25, 0.3) is 0 Å². The minimum absolute atomic E-state index is 0.316. The molecule has 2 heterocycles. The quantitative estimate of drug-likeness (QED) is 0.560. The van der Waals surface area contributed by atoms with E-state index < -0.39 is 17.0 Å². The summed E-state index contributed by atoms with van der Waals surface area (Å²) in [5.74, 6) is 1.23. The highest BCUT2D eigenvalue weighted by atomic mass is 16.5. The molecule has 0 saturated carbocycles. The largest absolute Gasteiger partial charge is 0.497 e. The number of anilines is 3. The molecule has 0 radical (unpaired) electrons. The lowest BCUT2D eigenvalue weighted by molar-refractivity contribution is -0.117. The van der Waals surface area contributed by atoms with Crippen molar-refractivity contribution in [2.45, 2.75) is 20.0 Å². The van der Waals surface area contributed by atoms with Gasteiger partial charge >= 0.3 is 11.1 Å². The highest BCUT2D eigenvalue weighted by Gasteiger charge is 2.26. The number of amides is 1. The van der Waals surface area contributed by atoms with Gasteiger partial charge < -0.3 is 19.7 Å². The van der Waals surface area contributed by atoms with Crippen LogP contribution in [0.3, 0.4) is 0 Å². The van der Waals surface area contributed by atoms with Crippen molar-refractivity contribution in [1.29, 1.82) is 0 Å². The van der Waals surface area contributed by atoms with Gasteiger partial charge in [0.15, 0.2) is 0 Å². The molecule has 2 aromatic carbocycles. The van der Waals surface area contributed by atoms with Gasteiger partial charge in [0.2, 0.25) is 11.9 Å². The Kier molecular flexibility index (Phi) is 5.93. The summed E-state index contributed by atoms with van der Waals surface area (Å²) in [5, 5.41) is 7.01. The molecule has 0 bridgehead atoms. The number of methoxy groups -OCH3 is 1. The molecule has 3 aromatic rings. The molecule has 166 valence electrons. The predicted octanol–water partition coefficient (Wildman–Crippen LogP) is 1.60. The topological polar surface area (TPSA) is 108 Å². The molecule has 1 aromatic heterocycles. The molecule has 0 saturated heterocycles. The molecular weight excluding hydrogens is 414 g/mol. The lowest BCUT2D eigenvalue weighted by Gasteiger charge is -2.18. The number of aromatic nitrogens is 3. The van der Waals surface area contributed by atoms with E-state index in [4.69, 9.17) is 9.47 Å². The average molecular weight is 437 g/mol. The molecule has 10 heteroatoms. The fourth-order valence-corrected chi connectivity index (χ4v) is 3.48. The molecule has 0 unspecified atom stereocenters. The molecule has 1 aliphatic heterocycles. The van der Waals surface area contributed by atoms with Gasteiger partial charge in [-0.3, -0.25) is 19.0 Å². The minimum atomic E-state index is -0.841. The van der Waals surface area contributed by atoms with Crippen LogP contribution in [0.15, 0.2) is 58.1 Å². The van der Waals surface area contributed by atoms with E-state index in [1.807, 2.05) is 36.1 Å². The van der Waals surface area contributed by atoms with Crippen molar-refractivity contribution >= 4 is 23.2 Å². The van der Waals surface area contributed by atoms with E-state index in [1.165, 1.54) is 4.57 Å². The summed E-state index contributed by atoms with van der Waals surface area (Å²) in [5.41, 5.74) is -0.204. The van der Waals surface area contributed by atoms with Crippen LogP contribution < -0.4 is 30.8 Å². The van der Waals surface area contributed by atoms with Crippen LogP contribution in [0.5, 0.6) is 11.5 Å². The third kappa shape index (κ3) is 4.20. The van der Waals surface area contributed by atoms with Crippen LogP contribution in [0.2, 0.25) is 0 Å². The molecule has 0 atom stereocenters. The first-order valence-electron chi connectivity index (χ1n) is 10.2. The van der Waals surface area contributed by atoms with Crippen molar-refractivity contribution in [3.8, 4) is 11.5 Å². The average Bonchev–Trinajstić information content (AvgIpc) is 3.22. The fourth-order valence-electron chi connectivity index (χ4n) is 3.48. The summed E-state index contributed by atoms with van der Waals surface area (Å²) in [6.45, 7) is 2.91. The minimum Gasteiger partial charge on any atom is -0.497 e. The van der Waals surface area contributed by atoms with Gasteiger partial charge in [0.1, 0.15) is 18.0 Å². The smallest absolute Gasteiger partial charge is 0.333 e. The van der Waals surface area contributed by atoms with Crippen molar-refractivity contribution in [3.05, 3.63) is 69.2 Å². The molecule has 32 heavy (non-hydrogen) atoms. The van der Waals surface area contributed by atoms with E-state index in [0.29, 0.717) is 37.1 Å². The first kappa shape index (κ1) is 21.2. The van der Waals surface area contributed by atoms with E-state index in [9.17, 15) is 14.4 Å². The summed E-state index contributed by atoms with van der Waals surface area (Å²) < 4.78 is 12.8. The van der Waals surface area contributed by atoms with Crippen LogP contribution >= 0.6 is 0 Å². The maximum Gasteiger partial charge on any atom is 0.333 e. The summed E-state index contributed by atoms with van der Waals surface area (Å²) in [6, 6.07) is 14.1. The zero-order chi connectivity index (χ0) is 22.7. The lowest BCUT2D eigenvalue weighted by atomic mass is 10.3. The number of carbonyl (C=O) groups excluding carboxylic acids is 1. The number of hydrogen-bond acceptors (Lipinski definition) is 7. The van der Waals surface area contributed by atoms with Crippen molar-refractivity contribution < 1.29 is 14.3 Å². The van der Waals surface area contributed by atoms with Crippen molar-refractivity contribution in [2.24, 2.45) is 0 Å². The van der Waals surface area contributed by atoms with Crippen LogP contribution in [0, 0.1) is 0 Å². The Morgan fingerprint density at radius 2 is 1.69 bits per heavy atom. The Hall–Kier alpha value is -4.08. The maximum absolute atomic E-state index is 12.6. The summed E-state index contributed by atoms with van der Waals surface area (Å²) in [7, 11) is 1.55. The second-order valence-electron chi connectivity index (χ2n) is 7.07. The Balaban J connectivity index is 1.57. The van der Waals surface area contributed by atoms with E-state index in [-0.39, 0.29) is 6.54 Å². The number of fused-ring (bicyclic) bond motifs is 1. The van der Waals surface area contributed by atoms with Crippen molar-refractivity contribution in [1.82, 2.24) is 14.3 Å². The third-order valence-corrected chi connectivity index (χ3v) is 5.03.